The minimum Gasteiger partial charge on any atom is -0.493 e. The number of carbonyl (C=O) groups excluding carboxylic acids is 1. The van der Waals surface area contributed by atoms with Crippen molar-refractivity contribution in [3.63, 3.8) is 0 Å². The third-order valence-electron chi connectivity index (χ3n) is 5.58. The molecule has 156 valence electrons. The van der Waals surface area contributed by atoms with E-state index < -0.39 is 0 Å². The fraction of sp³-hybridized carbons (Fsp3) is 0.650. The van der Waals surface area contributed by atoms with Crippen LogP contribution >= 0.6 is 11.8 Å². The largest absolute Gasteiger partial charge is 0.493 e. The SMILES string of the molecule is COc1ccc(CNC(=O)NCC2(N3CCSCC3)CCOCC2)cc1OC. The lowest BCUT2D eigenvalue weighted by atomic mass is 9.87. The molecular weight excluding hydrogens is 378 g/mol. The van der Waals surface area contributed by atoms with E-state index in [1.807, 2.05) is 30.0 Å². The van der Waals surface area contributed by atoms with Gasteiger partial charge < -0.3 is 24.8 Å². The van der Waals surface area contributed by atoms with Crippen LogP contribution in [-0.2, 0) is 11.3 Å². The summed E-state index contributed by atoms with van der Waals surface area (Å²) < 4.78 is 16.2. The van der Waals surface area contributed by atoms with Crippen molar-refractivity contribution < 1.29 is 19.0 Å². The van der Waals surface area contributed by atoms with Crippen molar-refractivity contribution in [1.82, 2.24) is 15.5 Å². The molecule has 2 aliphatic rings. The first kappa shape index (κ1) is 21.1. The van der Waals surface area contributed by atoms with Gasteiger partial charge in [-0.2, -0.15) is 11.8 Å². The molecule has 0 aliphatic carbocycles. The van der Waals surface area contributed by atoms with Gasteiger partial charge in [-0.1, -0.05) is 6.07 Å². The lowest BCUT2D eigenvalue weighted by Gasteiger charge is -2.47. The lowest BCUT2D eigenvalue weighted by molar-refractivity contribution is -0.0230. The summed E-state index contributed by atoms with van der Waals surface area (Å²) >= 11 is 2.01. The molecule has 1 aromatic carbocycles. The van der Waals surface area contributed by atoms with Gasteiger partial charge in [-0.15, -0.1) is 0 Å². The summed E-state index contributed by atoms with van der Waals surface area (Å²) in [5.41, 5.74) is 0.974. The van der Waals surface area contributed by atoms with Gasteiger partial charge in [-0.3, -0.25) is 4.90 Å². The van der Waals surface area contributed by atoms with E-state index >= 15 is 0 Å². The maximum atomic E-state index is 12.4. The predicted octanol–water partition coefficient (Wildman–Crippen LogP) is 2.10. The zero-order valence-corrected chi connectivity index (χ0v) is 17.6. The van der Waals surface area contributed by atoms with Crippen molar-refractivity contribution in [2.75, 3.05) is 58.6 Å². The summed E-state index contributed by atoms with van der Waals surface area (Å²) in [7, 11) is 3.21. The fourth-order valence-corrected chi connectivity index (χ4v) is 4.78. The number of amides is 2. The zero-order chi connectivity index (χ0) is 19.8. The predicted molar refractivity (Wildman–Crippen MR) is 111 cm³/mol. The second-order valence-corrected chi connectivity index (χ2v) is 8.39. The molecule has 0 saturated carbocycles. The first-order valence-electron chi connectivity index (χ1n) is 9.80. The highest BCUT2D eigenvalue weighted by molar-refractivity contribution is 7.99. The summed E-state index contributed by atoms with van der Waals surface area (Å²) in [6, 6.07) is 5.50. The van der Waals surface area contributed by atoms with Crippen LogP contribution in [0.2, 0.25) is 0 Å². The van der Waals surface area contributed by atoms with Gasteiger partial charge in [-0.05, 0) is 30.5 Å². The van der Waals surface area contributed by atoms with Crippen molar-refractivity contribution in [1.29, 1.82) is 0 Å². The normalized spacial score (nSPS) is 19.6. The van der Waals surface area contributed by atoms with Crippen LogP contribution in [0.5, 0.6) is 11.5 Å². The topological polar surface area (TPSA) is 72.1 Å². The van der Waals surface area contributed by atoms with E-state index in [2.05, 4.69) is 15.5 Å². The molecule has 0 bridgehead atoms. The Bertz CT molecular complexity index is 646. The fourth-order valence-electron chi connectivity index (χ4n) is 3.87. The zero-order valence-electron chi connectivity index (χ0n) is 16.8. The molecule has 0 atom stereocenters. The number of thioether (sulfide) groups is 1. The molecular formula is C20H31N3O4S. The van der Waals surface area contributed by atoms with Gasteiger partial charge >= 0.3 is 6.03 Å². The molecule has 0 unspecified atom stereocenters. The maximum Gasteiger partial charge on any atom is 0.315 e. The third kappa shape index (κ3) is 5.24. The monoisotopic (exact) mass is 409 g/mol. The number of hydrogen-bond acceptors (Lipinski definition) is 6. The molecule has 3 rings (SSSR count). The molecule has 1 aromatic rings. The minimum absolute atomic E-state index is 0.0138. The van der Waals surface area contributed by atoms with Crippen LogP contribution < -0.4 is 20.1 Å². The van der Waals surface area contributed by atoms with Crippen LogP contribution in [0.3, 0.4) is 0 Å². The lowest BCUT2D eigenvalue weighted by Crippen LogP contribution is -2.61. The number of hydrogen-bond donors (Lipinski definition) is 2. The van der Waals surface area contributed by atoms with E-state index in [9.17, 15) is 4.79 Å². The molecule has 2 saturated heterocycles. The number of urea groups is 1. The summed E-state index contributed by atoms with van der Waals surface area (Å²) in [6.07, 6.45) is 1.93. The van der Waals surface area contributed by atoms with Crippen molar-refractivity contribution >= 4 is 17.8 Å². The van der Waals surface area contributed by atoms with Gasteiger partial charge in [0.05, 0.1) is 14.2 Å². The van der Waals surface area contributed by atoms with Gasteiger partial charge in [-0.25, -0.2) is 4.79 Å². The molecule has 0 spiro atoms. The van der Waals surface area contributed by atoms with Crippen LogP contribution in [-0.4, -0.2) is 75.0 Å². The summed E-state index contributed by atoms with van der Waals surface area (Å²) in [6.45, 7) is 4.78. The second-order valence-electron chi connectivity index (χ2n) is 7.16. The van der Waals surface area contributed by atoms with Crippen molar-refractivity contribution in [2.45, 2.75) is 24.9 Å². The molecule has 0 aromatic heterocycles. The van der Waals surface area contributed by atoms with Crippen LogP contribution in [0.15, 0.2) is 18.2 Å². The number of rotatable bonds is 7. The van der Waals surface area contributed by atoms with E-state index in [0.717, 1.165) is 56.2 Å². The van der Waals surface area contributed by atoms with Crippen molar-refractivity contribution in [3.8, 4) is 11.5 Å². The number of nitrogens with zero attached hydrogens (tertiary/aromatic N) is 1. The average Bonchev–Trinajstić information content (AvgIpc) is 2.77. The number of carbonyl (C=O) groups is 1. The number of ether oxygens (including phenoxy) is 3. The average molecular weight is 410 g/mol. The van der Waals surface area contributed by atoms with Crippen LogP contribution in [0.1, 0.15) is 18.4 Å². The van der Waals surface area contributed by atoms with Gasteiger partial charge in [0.25, 0.3) is 0 Å². The second kappa shape index (κ2) is 10.2. The quantitative estimate of drug-likeness (QED) is 0.719. The van der Waals surface area contributed by atoms with Crippen molar-refractivity contribution in [3.05, 3.63) is 23.8 Å². The Morgan fingerprint density at radius 1 is 1.14 bits per heavy atom. The minimum atomic E-state index is -0.146. The van der Waals surface area contributed by atoms with E-state index in [0.29, 0.717) is 24.6 Å². The summed E-state index contributed by atoms with van der Waals surface area (Å²) in [5.74, 6) is 3.66. The first-order valence-corrected chi connectivity index (χ1v) is 11.0. The Kier molecular flexibility index (Phi) is 7.70. The van der Waals surface area contributed by atoms with E-state index in [4.69, 9.17) is 14.2 Å². The van der Waals surface area contributed by atoms with Crippen LogP contribution in [0.25, 0.3) is 0 Å². The van der Waals surface area contributed by atoms with Gasteiger partial charge in [0.15, 0.2) is 11.5 Å². The highest BCUT2D eigenvalue weighted by atomic mass is 32.2. The van der Waals surface area contributed by atoms with Crippen molar-refractivity contribution in [2.24, 2.45) is 0 Å². The Labute approximate surface area is 171 Å². The molecule has 2 heterocycles. The Hall–Kier alpha value is -1.64. The smallest absolute Gasteiger partial charge is 0.315 e. The molecule has 2 amide bonds. The maximum absolute atomic E-state index is 12.4. The molecule has 8 heteroatoms. The van der Waals surface area contributed by atoms with Gasteiger partial charge in [0.1, 0.15) is 0 Å². The van der Waals surface area contributed by atoms with Crippen LogP contribution in [0.4, 0.5) is 4.79 Å². The Balaban J connectivity index is 1.53. The third-order valence-corrected chi connectivity index (χ3v) is 6.53. The molecule has 28 heavy (non-hydrogen) atoms. The first-order chi connectivity index (χ1) is 13.7. The standard InChI is InChI=1S/C20H31N3O4S/c1-25-17-4-3-16(13-18(17)26-2)14-21-19(24)22-15-20(5-9-27-10-6-20)23-7-11-28-12-8-23/h3-4,13H,5-12,14-15H2,1-2H3,(H2,21,22,24). The van der Waals surface area contributed by atoms with Gasteiger partial charge in [0.2, 0.25) is 0 Å². The van der Waals surface area contributed by atoms with E-state index in [-0.39, 0.29) is 11.6 Å². The highest BCUT2D eigenvalue weighted by Gasteiger charge is 2.39. The van der Waals surface area contributed by atoms with Gasteiger partial charge in [0, 0.05) is 56.4 Å². The number of nitrogens with one attached hydrogen (secondary N) is 2. The Morgan fingerprint density at radius 3 is 2.54 bits per heavy atom. The molecule has 2 N–H and O–H groups in total. The summed E-state index contributed by atoms with van der Waals surface area (Å²) in [5, 5.41) is 6.05. The van der Waals surface area contributed by atoms with Crippen LogP contribution in [0, 0.1) is 0 Å². The highest BCUT2D eigenvalue weighted by Crippen LogP contribution is 2.30. The van der Waals surface area contributed by atoms with E-state index in [1.54, 1.807) is 14.2 Å². The molecule has 2 fully saturated rings. The molecule has 0 radical (unpaired) electrons. The summed E-state index contributed by atoms with van der Waals surface area (Å²) in [4.78, 5) is 15.0. The number of benzene rings is 1. The van der Waals surface area contributed by atoms with E-state index in [1.165, 1.54) is 0 Å². The Morgan fingerprint density at radius 2 is 1.86 bits per heavy atom. The molecule has 2 aliphatic heterocycles. The number of methoxy groups -OCH3 is 2. The molecule has 7 nitrogen and oxygen atoms in total.